The molecule has 0 amide bonds. The van der Waals surface area contributed by atoms with Gasteiger partial charge in [-0.05, 0) is 19.3 Å². The lowest BCUT2D eigenvalue weighted by atomic mass is 10.1. The molecular weight excluding hydrogens is 288 g/mol. The zero-order valence-electron chi connectivity index (χ0n) is 11.7. The normalized spacial score (nSPS) is 13.3. The fraction of sp³-hybridized carbons (Fsp3) is 0.818. The van der Waals surface area contributed by atoms with E-state index in [1.54, 1.807) is 0 Å². The van der Waals surface area contributed by atoms with Gasteiger partial charge in [0.25, 0.3) is 10.2 Å². The largest absolute Gasteiger partial charge is 0.481 e. The number of unbranched alkanes of at least 4 members (excludes halogenated alkanes) is 1. The van der Waals surface area contributed by atoms with Gasteiger partial charge in [-0.1, -0.05) is 13.3 Å². The van der Waals surface area contributed by atoms with Gasteiger partial charge in [0.05, 0.1) is 0 Å². The summed E-state index contributed by atoms with van der Waals surface area (Å²) in [6.45, 7) is 2.22. The third-order valence-electron chi connectivity index (χ3n) is 2.71. The Morgan fingerprint density at radius 1 is 1.25 bits per heavy atom. The molecule has 0 fully saturated rings. The van der Waals surface area contributed by atoms with Crippen molar-refractivity contribution in [3.05, 3.63) is 0 Å². The average Bonchev–Trinajstić information content (AvgIpc) is 2.33. The third-order valence-corrected chi connectivity index (χ3v) is 4.30. The Morgan fingerprint density at radius 3 is 2.30 bits per heavy atom. The van der Waals surface area contributed by atoms with Crippen molar-refractivity contribution < 1.29 is 28.2 Å². The van der Waals surface area contributed by atoms with Gasteiger partial charge < -0.3 is 10.2 Å². The standard InChI is InChI=1S/C11H22N2O6S/c1-3-4-8-13(2)20(18,19)12-9(11(16)17)6-5-7-10(14)15/h9,12H,3-8H2,1-2H3,(H,14,15)(H,16,17)/t9-/m1/s1. The summed E-state index contributed by atoms with van der Waals surface area (Å²) in [5.41, 5.74) is 0. The first-order valence-corrected chi connectivity index (χ1v) is 7.83. The first-order valence-electron chi connectivity index (χ1n) is 6.39. The van der Waals surface area contributed by atoms with Crippen molar-refractivity contribution in [3.8, 4) is 0 Å². The van der Waals surface area contributed by atoms with E-state index in [2.05, 4.69) is 4.72 Å². The fourth-order valence-corrected chi connectivity index (χ4v) is 2.59. The first-order chi connectivity index (χ1) is 9.20. The minimum atomic E-state index is -3.87. The van der Waals surface area contributed by atoms with Crippen molar-refractivity contribution in [2.75, 3.05) is 13.6 Å². The fourth-order valence-electron chi connectivity index (χ4n) is 1.46. The van der Waals surface area contributed by atoms with Crippen LogP contribution < -0.4 is 4.72 Å². The summed E-state index contributed by atoms with van der Waals surface area (Å²) < 4.78 is 26.9. The Balaban J connectivity index is 4.56. The minimum Gasteiger partial charge on any atom is -0.481 e. The van der Waals surface area contributed by atoms with Gasteiger partial charge in [-0.25, -0.2) is 0 Å². The molecule has 0 unspecified atom stereocenters. The number of carboxylic acid groups (broad SMARTS) is 2. The SMILES string of the molecule is CCCCN(C)S(=O)(=O)N[C@H](CCCC(=O)O)C(=O)O. The van der Waals surface area contributed by atoms with Crippen molar-refractivity contribution in [1.29, 1.82) is 0 Å². The zero-order chi connectivity index (χ0) is 15.8. The van der Waals surface area contributed by atoms with Crippen LogP contribution in [0.1, 0.15) is 39.0 Å². The summed E-state index contributed by atoms with van der Waals surface area (Å²) in [4.78, 5) is 21.4. The van der Waals surface area contributed by atoms with Crippen LogP contribution in [-0.4, -0.2) is 54.5 Å². The Bertz CT molecular complexity index is 423. The summed E-state index contributed by atoms with van der Waals surface area (Å²) in [6, 6.07) is -1.32. The highest BCUT2D eigenvalue weighted by molar-refractivity contribution is 7.87. The maximum absolute atomic E-state index is 11.9. The highest BCUT2D eigenvalue weighted by Crippen LogP contribution is 2.06. The molecule has 8 nitrogen and oxygen atoms in total. The minimum absolute atomic E-state index is 0.0670. The molecule has 9 heteroatoms. The Hall–Kier alpha value is -1.19. The van der Waals surface area contributed by atoms with Crippen LogP contribution in [0.25, 0.3) is 0 Å². The van der Waals surface area contributed by atoms with Crippen LogP contribution in [0.4, 0.5) is 0 Å². The molecule has 0 aliphatic carbocycles. The lowest BCUT2D eigenvalue weighted by Crippen LogP contribution is -2.47. The van der Waals surface area contributed by atoms with Crippen LogP contribution in [0, 0.1) is 0 Å². The Labute approximate surface area is 119 Å². The molecule has 0 saturated heterocycles. The van der Waals surface area contributed by atoms with E-state index in [1.807, 2.05) is 6.92 Å². The van der Waals surface area contributed by atoms with Crippen LogP contribution in [0.2, 0.25) is 0 Å². The second-order valence-corrected chi connectivity index (χ2v) is 6.28. The molecule has 0 rings (SSSR count). The van der Waals surface area contributed by atoms with Gasteiger partial charge in [0.2, 0.25) is 0 Å². The van der Waals surface area contributed by atoms with E-state index < -0.39 is 28.2 Å². The molecule has 0 radical (unpaired) electrons. The maximum atomic E-state index is 11.9. The predicted molar refractivity (Wildman–Crippen MR) is 72.5 cm³/mol. The number of carboxylic acids is 2. The predicted octanol–water partition coefficient (Wildman–Crippen LogP) is 0.261. The number of hydrogen-bond acceptors (Lipinski definition) is 4. The van der Waals surface area contributed by atoms with Gasteiger partial charge in [0.1, 0.15) is 6.04 Å². The number of aliphatic carboxylic acids is 2. The van der Waals surface area contributed by atoms with E-state index in [1.165, 1.54) is 7.05 Å². The smallest absolute Gasteiger partial charge is 0.321 e. The van der Waals surface area contributed by atoms with E-state index in [0.717, 1.165) is 10.7 Å². The van der Waals surface area contributed by atoms with Gasteiger partial charge >= 0.3 is 11.9 Å². The Morgan fingerprint density at radius 2 is 1.85 bits per heavy atom. The lowest BCUT2D eigenvalue weighted by molar-refractivity contribution is -0.140. The molecule has 0 aliphatic heterocycles. The van der Waals surface area contributed by atoms with E-state index in [4.69, 9.17) is 10.2 Å². The van der Waals surface area contributed by atoms with Crippen LogP contribution in [0.5, 0.6) is 0 Å². The van der Waals surface area contributed by atoms with E-state index in [9.17, 15) is 18.0 Å². The van der Waals surface area contributed by atoms with Crippen LogP contribution in [0.15, 0.2) is 0 Å². The molecule has 0 saturated carbocycles. The molecule has 0 heterocycles. The molecule has 118 valence electrons. The molecular formula is C11H22N2O6S. The molecule has 0 aromatic carbocycles. The van der Waals surface area contributed by atoms with E-state index >= 15 is 0 Å². The summed E-state index contributed by atoms with van der Waals surface area (Å²) in [5, 5.41) is 17.5. The molecule has 0 spiro atoms. The molecule has 0 aromatic rings. The van der Waals surface area contributed by atoms with E-state index in [-0.39, 0.29) is 19.3 Å². The zero-order valence-corrected chi connectivity index (χ0v) is 12.5. The third kappa shape index (κ3) is 7.41. The monoisotopic (exact) mass is 310 g/mol. The van der Waals surface area contributed by atoms with Gasteiger partial charge in [-0.15, -0.1) is 0 Å². The quantitative estimate of drug-likeness (QED) is 0.503. The van der Waals surface area contributed by atoms with Crippen molar-refractivity contribution in [2.24, 2.45) is 0 Å². The maximum Gasteiger partial charge on any atom is 0.321 e. The summed E-state index contributed by atoms with van der Waals surface area (Å²) in [6.07, 6.45) is 1.32. The number of carbonyl (C=O) groups is 2. The molecule has 1 atom stereocenters. The lowest BCUT2D eigenvalue weighted by Gasteiger charge is -2.20. The molecule has 0 aromatic heterocycles. The topological polar surface area (TPSA) is 124 Å². The summed E-state index contributed by atoms with van der Waals surface area (Å²) in [7, 11) is -2.50. The molecule has 20 heavy (non-hydrogen) atoms. The van der Waals surface area contributed by atoms with Gasteiger partial charge in [0, 0.05) is 20.0 Å². The number of nitrogens with one attached hydrogen (secondary N) is 1. The number of hydrogen-bond donors (Lipinski definition) is 3. The van der Waals surface area contributed by atoms with E-state index in [0.29, 0.717) is 13.0 Å². The van der Waals surface area contributed by atoms with Crippen LogP contribution in [-0.2, 0) is 19.8 Å². The second kappa shape index (κ2) is 8.88. The number of rotatable bonds is 11. The Kier molecular flexibility index (Phi) is 8.35. The van der Waals surface area contributed by atoms with Gasteiger partial charge in [-0.3, -0.25) is 9.59 Å². The molecule has 0 aliphatic rings. The van der Waals surface area contributed by atoms with Crippen LogP contribution >= 0.6 is 0 Å². The van der Waals surface area contributed by atoms with Gasteiger partial charge in [-0.2, -0.15) is 17.4 Å². The van der Waals surface area contributed by atoms with Crippen LogP contribution in [0.3, 0.4) is 0 Å². The van der Waals surface area contributed by atoms with Gasteiger partial charge in [0.15, 0.2) is 0 Å². The first kappa shape index (κ1) is 18.8. The number of nitrogens with zero attached hydrogens (tertiary/aromatic N) is 1. The van der Waals surface area contributed by atoms with Crippen molar-refractivity contribution in [2.45, 2.75) is 45.1 Å². The highest BCUT2D eigenvalue weighted by atomic mass is 32.2. The van der Waals surface area contributed by atoms with Crippen molar-refractivity contribution >= 4 is 22.1 Å². The van der Waals surface area contributed by atoms with Crippen molar-refractivity contribution in [1.82, 2.24) is 9.03 Å². The second-order valence-electron chi connectivity index (χ2n) is 4.47. The average molecular weight is 310 g/mol. The summed E-state index contributed by atoms with van der Waals surface area (Å²) >= 11 is 0. The molecule has 0 bridgehead atoms. The van der Waals surface area contributed by atoms with Crippen molar-refractivity contribution in [3.63, 3.8) is 0 Å². The molecule has 3 N–H and O–H groups in total. The highest BCUT2D eigenvalue weighted by Gasteiger charge is 2.26. The summed E-state index contributed by atoms with van der Waals surface area (Å²) in [5.74, 6) is -2.36.